The molecule has 3 amide bonds. The van der Waals surface area contributed by atoms with Gasteiger partial charge in [-0.15, -0.1) is 5.10 Å². The van der Waals surface area contributed by atoms with Crippen LogP contribution in [0.1, 0.15) is 49.7 Å². The molecule has 0 spiro atoms. The number of benzene rings is 2. The second-order valence-electron chi connectivity index (χ2n) is 13.6. The molecule has 2 aliphatic heterocycles. The van der Waals surface area contributed by atoms with Crippen molar-refractivity contribution in [2.75, 3.05) is 58.3 Å². The van der Waals surface area contributed by atoms with Crippen molar-refractivity contribution in [1.29, 1.82) is 0 Å². The number of aromatic amines is 1. The first-order valence-electron chi connectivity index (χ1n) is 16.5. The molecule has 48 heavy (non-hydrogen) atoms. The van der Waals surface area contributed by atoms with Crippen LogP contribution in [-0.4, -0.2) is 112 Å². The predicted octanol–water partition coefficient (Wildman–Crippen LogP) is 4.89. The number of fused-ring (bicyclic) bond motifs is 1. The molecule has 12 heteroatoms. The number of amides is 3. The number of carbonyl (C=O) groups excluding carboxylic acids is 3. The van der Waals surface area contributed by atoms with Crippen molar-refractivity contribution in [3.63, 3.8) is 0 Å². The van der Waals surface area contributed by atoms with Gasteiger partial charge in [-0.2, -0.15) is 0 Å². The Morgan fingerprint density at radius 3 is 2.38 bits per heavy atom. The van der Waals surface area contributed by atoms with Gasteiger partial charge >= 0.3 is 6.09 Å². The lowest BCUT2D eigenvalue weighted by molar-refractivity contribution is -0.131. The zero-order chi connectivity index (χ0) is 34.0. The van der Waals surface area contributed by atoms with Crippen LogP contribution in [0.4, 0.5) is 10.5 Å². The maximum absolute atomic E-state index is 13.2. The highest BCUT2D eigenvalue weighted by atomic mass is 16.6. The van der Waals surface area contributed by atoms with E-state index < -0.39 is 5.60 Å². The Balaban J connectivity index is 1.22. The maximum Gasteiger partial charge on any atom is 0.410 e. The van der Waals surface area contributed by atoms with Crippen LogP contribution in [0.25, 0.3) is 27.6 Å². The van der Waals surface area contributed by atoms with Crippen molar-refractivity contribution >= 4 is 40.1 Å². The Morgan fingerprint density at radius 1 is 0.958 bits per heavy atom. The summed E-state index contributed by atoms with van der Waals surface area (Å²) in [5.41, 5.74) is 6.02. The van der Waals surface area contributed by atoms with Crippen molar-refractivity contribution in [1.82, 2.24) is 34.7 Å². The van der Waals surface area contributed by atoms with E-state index in [0.29, 0.717) is 57.8 Å². The Kier molecular flexibility index (Phi) is 9.25. The molecule has 252 valence electrons. The second kappa shape index (κ2) is 13.5. The van der Waals surface area contributed by atoms with Gasteiger partial charge in [0, 0.05) is 93.9 Å². The summed E-state index contributed by atoms with van der Waals surface area (Å²) in [6.45, 7) is 9.94. The normalized spacial score (nSPS) is 15.4. The lowest BCUT2D eigenvalue weighted by Crippen LogP contribution is -2.50. The highest BCUT2D eigenvalue weighted by Crippen LogP contribution is 2.34. The van der Waals surface area contributed by atoms with Gasteiger partial charge in [-0.25, -0.2) is 4.79 Å². The van der Waals surface area contributed by atoms with E-state index in [1.165, 1.54) is 0 Å². The summed E-state index contributed by atoms with van der Waals surface area (Å²) in [5.74, 6) is 0.0134. The molecule has 1 saturated heterocycles. The molecule has 0 aliphatic carbocycles. The monoisotopic (exact) mass is 652 g/mol. The van der Waals surface area contributed by atoms with Gasteiger partial charge < -0.3 is 29.3 Å². The molecule has 0 unspecified atom stereocenters. The molecule has 1 fully saturated rings. The minimum atomic E-state index is -0.518. The summed E-state index contributed by atoms with van der Waals surface area (Å²) >= 11 is 0. The van der Waals surface area contributed by atoms with E-state index >= 15 is 0 Å². The summed E-state index contributed by atoms with van der Waals surface area (Å²) in [6, 6.07) is 14.3. The van der Waals surface area contributed by atoms with Gasteiger partial charge in [0.15, 0.2) is 0 Å². The van der Waals surface area contributed by atoms with Crippen LogP contribution >= 0.6 is 0 Å². The molecule has 6 rings (SSSR count). The molecule has 0 atom stereocenters. The van der Waals surface area contributed by atoms with E-state index in [0.717, 1.165) is 45.4 Å². The van der Waals surface area contributed by atoms with Crippen LogP contribution in [0.3, 0.4) is 0 Å². The first-order chi connectivity index (χ1) is 22.9. The van der Waals surface area contributed by atoms with Crippen LogP contribution in [0.2, 0.25) is 0 Å². The first kappa shape index (κ1) is 32.8. The predicted molar refractivity (Wildman–Crippen MR) is 186 cm³/mol. The lowest BCUT2D eigenvalue weighted by Gasteiger charge is -2.36. The van der Waals surface area contributed by atoms with E-state index in [-0.39, 0.29) is 17.9 Å². The molecule has 4 aromatic rings. The molecule has 0 bridgehead atoms. The summed E-state index contributed by atoms with van der Waals surface area (Å²) in [7, 11) is 3.51. The number of hydrogen-bond donors (Lipinski definition) is 1. The largest absolute Gasteiger partial charge is 0.444 e. The Hall–Kier alpha value is -5.13. The topological polar surface area (TPSA) is 120 Å². The quantitative estimate of drug-likeness (QED) is 0.302. The van der Waals surface area contributed by atoms with E-state index in [2.05, 4.69) is 56.6 Å². The number of ether oxygens (including phenoxy) is 1. The fraction of sp³-hybridized carbons (Fsp3) is 0.417. The molecule has 0 radical (unpaired) electrons. The van der Waals surface area contributed by atoms with E-state index in [1.54, 1.807) is 41.0 Å². The number of H-pyrrole nitrogens is 1. The Morgan fingerprint density at radius 2 is 1.71 bits per heavy atom. The average Bonchev–Trinajstić information content (AvgIpc) is 3.76. The van der Waals surface area contributed by atoms with Gasteiger partial charge in [0.2, 0.25) is 5.91 Å². The molecule has 4 heterocycles. The molecular weight excluding hydrogens is 608 g/mol. The average molecular weight is 653 g/mol. The van der Waals surface area contributed by atoms with Gasteiger partial charge in [-0.3, -0.25) is 14.3 Å². The van der Waals surface area contributed by atoms with Crippen LogP contribution in [-0.2, 0) is 16.1 Å². The smallest absolute Gasteiger partial charge is 0.410 e. The summed E-state index contributed by atoms with van der Waals surface area (Å²) in [4.78, 5) is 49.9. The van der Waals surface area contributed by atoms with E-state index in [1.807, 2.05) is 37.8 Å². The molecule has 1 N–H and O–H groups in total. The molecule has 2 aliphatic rings. The number of aryl methyl sites for hydroxylation is 1. The van der Waals surface area contributed by atoms with Crippen LogP contribution in [0, 0.1) is 0 Å². The van der Waals surface area contributed by atoms with E-state index in [9.17, 15) is 14.4 Å². The minimum Gasteiger partial charge on any atom is -0.444 e. The van der Waals surface area contributed by atoms with Gasteiger partial charge in [0.25, 0.3) is 5.91 Å². The number of carbonyl (C=O) groups is 3. The van der Waals surface area contributed by atoms with Gasteiger partial charge in [-0.1, -0.05) is 23.4 Å². The second-order valence-corrected chi connectivity index (χ2v) is 13.6. The number of hydrogen-bond acceptors (Lipinski definition) is 7. The maximum atomic E-state index is 13.2. The standard InChI is InChI=1S/C36H44N8O4/c1-36(2,3)48-35(47)42-19-17-41(18-20-42)29-10-8-25(9-11-29)30-22-28(34(46)40(4)5)21-27-23-31(38-33(27)30)26-7-6-14-43(24-26)32(45)12-15-44-16-13-37-39-44/h7-11,13,16,21-23,38H,6,12,14-15,17-20,24H2,1-5H3. The molecule has 12 nitrogen and oxygen atoms in total. The van der Waals surface area contributed by atoms with Crippen molar-refractivity contribution in [2.45, 2.75) is 45.8 Å². The lowest BCUT2D eigenvalue weighted by atomic mass is 9.99. The highest BCUT2D eigenvalue weighted by molar-refractivity contribution is 6.04. The summed E-state index contributed by atoms with van der Waals surface area (Å²) in [5, 5.41) is 8.72. The SMILES string of the molecule is CN(C)C(=O)c1cc(-c2ccc(N3CCN(C(=O)OC(C)(C)C)CC3)cc2)c2[nH]c(C3=CCCN(C(=O)CCn4ccnn4)C3)cc2c1. The number of aromatic nitrogens is 4. The molecule has 2 aromatic carbocycles. The highest BCUT2D eigenvalue weighted by Gasteiger charge is 2.26. The van der Waals surface area contributed by atoms with Crippen molar-refractivity contribution < 1.29 is 19.1 Å². The Bertz CT molecular complexity index is 1810. The molecule has 0 saturated carbocycles. The zero-order valence-electron chi connectivity index (χ0n) is 28.4. The Labute approximate surface area is 280 Å². The fourth-order valence-electron chi connectivity index (χ4n) is 6.22. The summed E-state index contributed by atoms with van der Waals surface area (Å²) in [6.07, 6.45) is 6.41. The van der Waals surface area contributed by atoms with E-state index in [4.69, 9.17) is 4.74 Å². The fourth-order valence-corrected chi connectivity index (χ4v) is 6.22. The van der Waals surface area contributed by atoms with Crippen molar-refractivity contribution in [3.05, 3.63) is 72.2 Å². The van der Waals surface area contributed by atoms with Gasteiger partial charge in [0.1, 0.15) is 5.60 Å². The van der Waals surface area contributed by atoms with Gasteiger partial charge in [-0.05, 0) is 68.7 Å². The van der Waals surface area contributed by atoms with Crippen LogP contribution in [0.5, 0.6) is 0 Å². The third-order valence-corrected chi connectivity index (χ3v) is 8.73. The number of piperazine rings is 1. The summed E-state index contributed by atoms with van der Waals surface area (Å²) < 4.78 is 7.22. The van der Waals surface area contributed by atoms with Crippen molar-refractivity contribution in [3.8, 4) is 11.1 Å². The number of anilines is 1. The molecule has 2 aromatic heterocycles. The third kappa shape index (κ3) is 7.37. The van der Waals surface area contributed by atoms with Gasteiger partial charge in [0.05, 0.1) is 18.3 Å². The van der Waals surface area contributed by atoms with Crippen molar-refractivity contribution in [2.24, 2.45) is 0 Å². The number of rotatable bonds is 7. The first-order valence-corrected chi connectivity index (χ1v) is 16.5. The minimum absolute atomic E-state index is 0.0681. The van der Waals surface area contributed by atoms with Crippen LogP contribution < -0.4 is 4.90 Å². The molecular formula is C36H44N8O4. The van der Waals surface area contributed by atoms with Crippen LogP contribution in [0.15, 0.2) is 60.9 Å². The zero-order valence-corrected chi connectivity index (χ0v) is 28.4. The number of nitrogens with zero attached hydrogens (tertiary/aromatic N) is 7. The number of nitrogens with one attached hydrogen (secondary N) is 1. The third-order valence-electron chi connectivity index (χ3n) is 8.73.